The van der Waals surface area contributed by atoms with Gasteiger partial charge in [-0.3, -0.25) is 14.2 Å². The first-order chi connectivity index (χ1) is 38.0. The Morgan fingerprint density at radius 1 is 0.346 bits per heavy atom. The van der Waals surface area contributed by atoms with Crippen LogP contribution >= 0.6 is 7.82 Å². The average molecular weight is 1130 g/mol. The molecule has 0 aliphatic carbocycles. The Morgan fingerprint density at radius 2 is 0.577 bits per heavy atom. The fraction of sp³-hybridized carbons (Fsp3) is 0.971. The van der Waals surface area contributed by atoms with E-state index in [1.54, 1.807) is 0 Å². The summed E-state index contributed by atoms with van der Waals surface area (Å²) in [4.78, 5) is 37.9. The first kappa shape index (κ1) is 77.0. The number of rotatable bonds is 66. The van der Waals surface area contributed by atoms with Crippen LogP contribution in [-0.4, -0.2) is 70.0 Å². The topological polar surface area (TPSA) is 111 Å². The molecule has 0 aromatic heterocycles. The molecule has 0 bridgehead atoms. The van der Waals surface area contributed by atoms with Crippen LogP contribution in [0.1, 0.15) is 373 Å². The lowest BCUT2D eigenvalue weighted by atomic mass is 10.0. The van der Waals surface area contributed by atoms with Crippen molar-refractivity contribution in [3.63, 3.8) is 0 Å². The summed E-state index contributed by atoms with van der Waals surface area (Å²) < 4.78 is 34.3. The number of unbranched alkanes of at least 4 members (excludes halogenated alkanes) is 52. The van der Waals surface area contributed by atoms with Gasteiger partial charge in [-0.1, -0.05) is 348 Å². The highest BCUT2D eigenvalue weighted by Gasteiger charge is 2.22. The highest BCUT2D eigenvalue weighted by atomic mass is 31.2. The number of nitrogens with zero attached hydrogens (tertiary/aromatic N) is 1. The Balaban J connectivity index is 3.87. The van der Waals surface area contributed by atoms with Gasteiger partial charge >= 0.3 is 11.9 Å². The molecule has 0 aliphatic rings. The second-order valence-electron chi connectivity index (χ2n) is 25.3. The summed E-state index contributed by atoms with van der Waals surface area (Å²) in [6.07, 6.45) is 72.0. The van der Waals surface area contributed by atoms with Crippen LogP contribution in [0.15, 0.2) is 0 Å². The standard InChI is InChI=1S/C68H136NO8P/c1-6-8-10-12-14-16-18-20-22-24-25-26-27-28-29-30-31-32-33-34-35-36-37-38-39-40-41-42-43-45-47-49-51-53-55-57-59-61-68(71)77-66(65-76-78(72,73)75-63-62-69(3,4)5)64-74-67(70)60-58-56-54-52-50-48-46-44-23-21-19-17-15-13-11-9-7-2/h66H,6-65H2,1-5H3. The average Bonchev–Trinajstić information content (AvgIpc) is 3.41. The maximum Gasteiger partial charge on any atom is 0.306 e. The summed E-state index contributed by atoms with van der Waals surface area (Å²) in [5.74, 6) is -0.806. The van der Waals surface area contributed by atoms with Gasteiger partial charge in [0.2, 0.25) is 0 Å². The molecule has 0 aliphatic heterocycles. The molecular formula is C68H136NO8P. The number of ether oxygens (including phenoxy) is 2. The number of likely N-dealkylation sites (N-methyl/N-ethyl adjacent to an activating group) is 1. The first-order valence-corrected chi connectivity index (χ1v) is 36.2. The van der Waals surface area contributed by atoms with E-state index in [0.29, 0.717) is 17.4 Å². The smallest absolute Gasteiger partial charge is 0.306 e. The molecule has 0 radical (unpaired) electrons. The van der Waals surface area contributed by atoms with Gasteiger partial charge in [-0.25, -0.2) is 0 Å². The van der Waals surface area contributed by atoms with E-state index in [4.69, 9.17) is 18.5 Å². The van der Waals surface area contributed by atoms with Crippen molar-refractivity contribution >= 4 is 19.8 Å². The highest BCUT2D eigenvalue weighted by molar-refractivity contribution is 7.45. The van der Waals surface area contributed by atoms with Gasteiger partial charge in [-0.2, -0.15) is 0 Å². The molecule has 10 heteroatoms. The van der Waals surface area contributed by atoms with Crippen molar-refractivity contribution in [3.8, 4) is 0 Å². The van der Waals surface area contributed by atoms with Gasteiger partial charge in [0.25, 0.3) is 7.82 Å². The normalized spacial score (nSPS) is 13.1. The minimum atomic E-state index is -4.63. The van der Waals surface area contributed by atoms with E-state index in [1.807, 2.05) is 21.1 Å². The summed E-state index contributed by atoms with van der Waals surface area (Å²) in [5.41, 5.74) is 0. The third-order valence-electron chi connectivity index (χ3n) is 16.1. The predicted molar refractivity (Wildman–Crippen MR) is 333 cm³/mol. The number of hydrogen-bond donors (Lipinski definition) is 0. The molecule has 0 saturated heterocycles. The van der Waals surface area contributed by atoms with Crippen LogP contribution in [0.5, 0.6) is 0 Å². The minimum Gasteiger partial charge on any atom is -0.756 e. The maximum atomic E-state index is 12.8. The van der Waals surface area contributed by atoms with Crippen LogP contribution < -0.4 is 4.89 Å². The van der Waals surface area contributed by atoms with Crippen molar-refractivity contribution in [2.45, 2.75) is 380 Å². The van der Waals surface area contributed by atoms with Gasteiger partial charge in [0.1, 0.15) is 19.8 Å². The van der Waals surface area contributed by atoms with Crippen molar-refractivity contribution in [1.82, 2.24) is 0 Å². The molecule has 0 aromatic rings. The van der Waals surface area contributed by atoms with Crippen LogP contribution in [-0.2, 0) is 32.7 Å². The Kier molecular flexibility index (Phi) is 59.8. The summed E-state index contributed by atoms with van der Waals surface area (Å²) in [5, 5.41) is 0. The fourth-order valence-corrected chi connectivity index (χ4v) is 11.5. The van der Waals surface area contributed by atoms with E-state index in [2.05, 4.69) is 13.8 Å². The second kappa shape index (κ2) is 60.6. The lowest BCUT2D eigenvalue weighted by Gasteiger charge is -2.28. The molecule has 2 atom stereocenters. The van der Waals surface area contributed by atoms with Crippen molar-refractivity contribution < 1.29 is 42.1 Å². The maximum absolute atomic E-state index is 12.8. The monoisotopic (exact) mass is 1130 g/mol. The number of carbonyl (C=O) groups excluding carboxylic acids is 2. The molecule has 0 saturated carbocycles. The number of phosphoric ester groups is 1. The molecule has 2 unspecified atom stereocenters. The van der Waals surface area contributed by atoms with Crippen LogP contribution in [0.4, 0.5) is 0 Å². The Bertz CT molecular complexity index is 1280. The zero-order valence-electron chi connectivity index (χ0n) is 53.2. The van der Waals surface area contributed by atoms with Gasteiger partial charge in [0, 0.05) is 12.8 Å². The Labute approximate surface area is 486 Å². The summed E-state index contributed by atoms with van der Waals surface area (Å²) in [7, 11) is 1.19. The second-order valence-corrected chi connectivity index (χ2v) is 26.7. The van der Waals surface area contributed by atoms with Crippen molar-refractivity contribution in [3.05, 3.63) is 0 Å². The third kappa shape index (κ3) is 64.2. The summed E-state index contributed by atoms with van der Waals surface area (Å²) in [6, 6.07) is 0. The van der Waals surface area contributed by atoms with Gasteiger partial charge in [-0.15, -0.1) is 0 Å². The quantitative estimate of drug-likeness (QED) is 0.0256. The van der Waals surface area contributed by atoms with Crippen molar-refractivity contribution in [2.75, 3.05) is 47.5 Å². The van der Waals surface area contributed by atoms with E-state index < -0.39 is 26.5 Å². The molecule has 0 fully saturated rings. The molecular weight excluding hydrogens is 990 g/mol. The Hall–Kier alpha value is -0.990. The largest absolute Gasteiger partial charge is 0.756 e. The van der Waals surface area contributed by atoms with Gasteiger partial charge < -0.3 is 27.9 Å². The van der Waals surface area contributed by atoms with Gasteiger partial charge in [-0.05, 0) is 12.8 Å². The van der Waals surface area contributed by atoms with E-state index in [9.17, 15) is 19.0 Å². The molecule has 78 heavy (non-hydrogen) atoms. The molecule has 9 nitrogen and oxygen atoms in total. The number of hydrogen-bond acceptors (Lipinski definition) is 8. The number of carbonyl (C=O) groups is 2. The molecule has 0 heterocycles. The van der Waals surface area contributed by atoms with E-state index >= 15 is 0 Å². The van der Waals surface area contributed by atoms with E-state index in [-0.39, 0.29) is 32.0 Å². The minimum absolute atomic E-state index is 0.0250. The SMILES string of the molecule is CCCCCCCCCCCCCCCCCCCCCCCCCCCCCCCCCCCCCCCC(=O)OC(COC(=O)CCCCCCCCCCCCCCCCCCC)COP(=O)([O-])OCC[N+](C)(C)C. The van der Waals surface area contributed by atoms with Crippen LogP contribution in [0.25, 0.3) is 0 Å². The van der Waals surface area contributed by atoms with Gasteiger partial charge in [0.15, 0.2) is 6.10 Å². The lowest BCUT2D eigenvalue weighted by molar-refractivity contribution is -0.870. The number of quaternary nitrogens is 1. The zero-order valence-corrected chi connectivity index (χ0v) is 54.1. The van der Waals surface area contributed by atoms with Crippen molar-refractivity contribution in [1.29, 1.82) is 0 Å². The molecule has 0 rings (SSSR count). The first-order valence-electron chi connectivity index (χ1n) is 34.7. The summed E-state index contributed by atoms with van der Waals surface area (Å²) in [6.45, 7) is 4.32. The molecule has 0 amide bonds. The van der Waals surface area contributed by atoms with Crippen LogP contribution in [0.3, 0.4) is 0 Å². The van der Waals surface area contributed by atoms with Crippen molar-refractivity contribution in [2.24, 2.45) is 0 Å². The highest BCUT2D eigenvalue weighted by Crippen LogP contribution is 2.38. The lowest BCUT2D eigenvalue weighted by Crippen LogP contribution is -2.37. The van der Waals surface area contributed by atoms with Crippen LogP contribution in [0, 0.1) is 0 Å². The van der Waals surface area contributed by atoms with Crippen LogP contribution in [0.2, 0.25) is 0 Å². The van der Waals surface area contributed by atoms with E-state index in [0.717, 1.165) is 32.1 Å². The summed E-state index contributed by atoms with van der Waals surface area (Å²) >= 11 is 0. The predicted octanol–water partition coefficient (Wildman–Crippen LogP) is 21.5. The fourth-order valence-electron chi connectivity index (χ4n) is 10.8. The molecule has 0 aromatic carbocycles. The molecule has 0 spiro atoms. The third-order valence-corrected chi connectivity index (χ3v) is 17.1. The van der Waals surface area contributed by atoms with Gasteiger partial charge in [0.05, 0.1) is 27.7 Å². The Morgan fingerprint density at radius 3 is 0.821 bits per heavy atom. The van der Waals surface area contributed by atoms with E-state index in [1.165, 1.54) is 308 Å². The number of esters is 2. The molecule has 466 valence electrons. The zero-order chi connectivity index (χ0) is 57.0. The molecule has 0 N–H and O–H groups in total. The number of phosphoric acid groups is 1.